The third-order valence-electron chi connectivity index (χ3n) is 2.50. The van der Waals surface area contributed by atoms with Gasteiger partial charge in [-0.25, -0.2) is 0 Å². The highest BCUT2D eigenvalue weighted by Crippen LogP contribution is 2.11. The molecule has 0 radical (unpaired) electrons. The van der Waals surface area contributed by atoms with E-state index in [4.69, 9.17) is 9.26 Å². The van der Waals surface area contributed by atoms with Gasteiger partial charge in [-0.15, -0.1) is 0 Å². The van der Waals surface area contributed by atoms with Crippen LogP contribution in [0, 0.1) is 0 Å². The lowest BCUT2D eigenvalue weighted by Gasteiger charge is -2.22. The summed E-state index contributed by atoms with van der Waals surface area (Å²) in [6.07, 6.45) is 1.48. The van der Waals surface area contributed by atoms with E-state index >= 15 is 0 Å². The van der Waals surface area contributed by atoms with Crippen molar-refractivity contribution in [1.82, 2.24) is 10.5 Å². The highest BCUT2D eigenvalue weighted by Gasteiger charge is 2.21. The summed E-state index contributed by atoms with van der Waals surface area (Å²) in [5.41, 5.74) is -0.710. The molecule has 0 bridgehead atoms. The number of nitrogens with zero attached hydrogens (tertiary/aromatic N) is 1. The van der Waals surface area contributed by atoms with Crippen LogP contribution in [0.15, 0.2) is 10.6 Å². The number of rotatable bonds is 7. The fraction of sp³-hybridized carbons (Fsp3) is 0.667. The van der Waals surface area contributed by atoms with Crippen molar-refractivity contribution in [3.63, 3.8) is 0 Å². The van der Waals surface area contributed by atoms with Crippen LogP contribution < -0.4 is 5.32 Å². The molecule has 0 aliphatic heterocycles. The zero-order valence-corrected chi connectivity index (χ0v) is 11.0. The van der Waals surface area contributed by atoms with Crippen LogP contribution >= 0.6 is 0 Å². The number of ether oxygens (including phenoxy) is 1. The first kappa shape index (κ1) is 14.7. The van der Waals surface area contributed by atoms with Gasteiger partial charge >= 0.3 is 0 Å². The molecule has 0 aliphatic carbocycles. The van der Waals surface area contributed by atoms with Crippen LogP contribution in [0.1, 0.15) is 42.9 Å². The first-order valence-electron chi connectivity index (χ1n) is 5.93. The highest BCUT2D eigenvalue weighted by atomic mass is 16.5. The van der Waals surface area contributed by atoms with Crippen molar-refractivity contribution in [2.24, 2.45) is 0 Å². The van der Waals surface area contributed by atoms with Crippen molar-refractivity contribution < 1.29 is 19.2 Å². The average molecular weight is 256 g/mol. The Bertz CT molecular complexity index is 387. The second-order valence-electron chi connectivity index (χ2n) is 4.54. The SMILES string of the molecule is CCCC(C)(O)CNC(=O)c1cc(COC)on1. The van der Waals surface area contributed by atoms with E-state index in [9.17, 15) is 9.90 Å². The molecule has 1 heterocycles. The Morgan fingerprint density at radius 2 is 2.39 bits per heavy atom. The van der Waals surface area contributed by atoms with Crippen molar-refractivity contribution in [2.75, 3.05) is 13.7 Å². The lowest BCUT2D eigenvalue weighted by Crippen LogP contribution is -2.40. The number of aliphatic hydroxyl groups is 1. The zero-order valence-electron chi connectivity index (χ0n) is 11.0. The van der Waals surface area contributed by atoms with E-state index in [0.717, 1.165) is 6.42 Å². The van der Waals surface area contributed by atoms with Gasteiger partial charge in [0.1, 0.15) is 6.61 Å². The first-order valence-corrected chi connectivity index (χ1v) is 5.93. The lowest BCUT2D eigenvalue weighted by molar-refractivity contribution is 0.0467. The fourth-order valence-corrected chi connectivity index (χ4v) is 1.62. The number of hydrogen-bond acceptors (Lipinski definition) is 5. The molecule has 18 heavy (non-hydrogen) atoms. The molecule has 0 aliphatic rings. The maximum absolute atomic E-state index is 11.7. The number of nitrogens with one attached hydrogen (secondary N) is 1. The first-order chi connectivity index (χ1) is 8.48. The smallest absolute Gasteiger partial charge is 0.273 e. The maximum atomic E-state index is 11.7. The molecule has 1 rings (SSSR count). The Kier molecular flexibility index (Phi) is 5.30. The normalized spacial score (nSPS) is 14.2. The molecule has 1 amide bonds. The molecule has 6 nitrogen and oxygen atoms in total. The van der Waals surface area contributed by atoms with Gasteiger partial charge in [-0.2, -0.15) is 0 Å². The third-order valence-corrected chi connectivity index (χ3v) is 2.50. The van der Waals surface area contributed by atoms with E-state index in [1.807, 2.05) is 6.92 Å². The Balaban J connectivity index is 2.49. The van der Waals surface area contributed by atoms with Crippen molar-refractivity contribution in [3.05, 3.63) is 17.5 Å². The van der Waals surface area contributed by atoms with E-state index in [-0.39, 0.29) is 24.8 Å². The molecule has 0 fully saturated rings. The molecular weight excluding hydrogens is 236 g/mol. The number of methoxy groups -OCH3 is 1. The largest absolute Gasteiger partial charge is 0.388 e. The Morgan fingerprint density at radius 1 is 1.67 bits per heavy atom. The zero-order chi connectivity index (χ0) is 13.6. The molecule has 0 aromatic carbocycles. The molecule has 102 valence electrons. The van der Waals surface area contributed by atoms with Crippen LogP contribution in [0.3, 0.4) is 0 Å². The number of hydrogen-bond donors (Lipinski definition) is 2. The van der Waals surface area contributed by atoms with E-state index in [1.54, 1.807) is 6.92 Å². The van der Waals surface area contributed by atoms with Crippen molar-refractivity contribution in [3.8, 4) is 0 Å². The number of aromatic nitrogens is 1. The van der Waals surface area contributed by atoms with Crippen LogP contribution in [0.2, 0.25) is 0 Å². The predicted octanol–water partition coefficient (Wildman–Crippen LogP) is 1.10. The predicted molar refractivity (Wildman–Crippen MR) is 65.1 cm³/mol. The van der Waals surface area contributed by atoms with Gasteiger partial charge in [0.05, 0.1) is 5.60 Å². The molecule has 2 N–H and O–H groups in total. The van der Waals surface area contributed by atoms with Crippen LogP contribution in [-0.2, 0) is 11.3 Å². The van der Waals surface area contributed by atoms with E-state index in [0.29, 0.717) is 12.2 Å². The van der Waals surface area contributed by atoms with E-state index in [1.165, 1.54) is 13.2 Å². The van der Waals surface area contributed by atoms with Gasteiger partial charge < -0.3 is 19.7 Å². The molecule has 0 spiro atoms. The standard InChI is InChI=1S/C12H20N2O4/c1-4-5-12(2,16)8-13-11(15)10-6-9(7-17-3)18-14-10/h6,16H,4-5,7-8H2,1-3H3,(H,13,15). The molecule has 1 aromatic rings. The summed E-state index contributed by atoms with van der Waals surface area (Å²) < 4.78 is 9.77. The molecular formula is C12H20N2O4. The van der Waals surface area contributed by atoms with Gasteiger partial charge in [-0.1, -0.05) is 18.5 Å². The van der Waals surface area contributed by atoms with Crippen molar-refractivity contribution in [1.29, 1.82) is 0 Å². The monoisotopic (exact) mass is 256 g/mol. The second-order valence-corrected chi connectivity index (χ2v) is 4.54. The summed E-state index contributed by atoms with van der Waals surface area (Å²) in [7, 11) is 1.53. The topological polar surface area (TPSA) is 84.6 Å². The minimum Gasteiger partial charge on any atom is -0.388 e. The summed E-state index contributed by atoms with van der Waals surface area (Å²) in [6, 6.07) is 1.52. The second kappa shape index (κ2) is 6.51. The lowest BCUT2D eigenvalue weighted by atomic mass is 10.0. The molecule has 0 saturated carbocycles. The van der Waals surface area contributed by atoms with Crippen molar-refractivity contribution in [2.45, 2.75) is 38.9 Å². The summed E-state index contributed by atoms with van der Waals surface area (Å²) in [6.45, 7) is 4.13. The third kappa shape index (κ3) is 4.46. The van der Waals surface area contributed by atoms with Crippen LogP contribution in [0.4, 0.5) is 0 Å². The Morgan fingerprint density at radius 3 is 3.00 bits per heavy atom. The van der Waals surface area contributed by atoms with Crippen LogP contribution in [-0.4, -0.2) is 35.4 Å². The van der Waals surface area contributed by atoms with Gasteiger partial charge in [0.2, 0.25) is 0 Å². The Hall–Kier alpha value is -1.40. The molecule has 1 atom stereocenters. The quantitative estimate of drug-likeness (QED) is 0.763. The van der Waals surface area contributed by atoms with E-state index in [2.05, 4.69) is 10.5 Å². The van der Waals surface area contributed by atoms with Gasteiger partial charge in [-0.05, 0) is 13.3 Å². The maximum Gasteiger partial charge on any atom is 0.273 e. The van der Waals surface area contributed by atoms with E-state index < -0.39 is 5.60 Å². The molecule has 1 unspecified atom stereocenters. The number of carbonyl (C=O) groups excluding carboxylic acids is 1. The summed E-state index contributed by atoms with van der Waals surface area (Å²) >= 11 is 0. The van der Waals surface area contributed by atoms with Gasteiger partial charge in [0.25, 0.3) is 5.91 Å². The summed E-state index contributed by atoms with van der Waals surface area (Å²) in [5.74, 6) is 0.125. The van der Waals surface area contributed by atoms with Gasteiger partial charge in [0, 0.05) is 19.7 Å². The average Bonchev–Trinajstić information content (AvgIpc) is 2.75. The fourth-order valence-electron chi connectivity index (χ4n) is 1.62. The summed E-state index contributed by atoms with van der Waals surface area (Å²) in [5, 5.41) is 16.2. The number of amides is 1. The van der Waals surface area contributed by atoms with Crippen LogP contribution in [0.25, 0.3) is 0 Å². The van der Waals surface area contributed by atoms with Gasteiger partial charge in [0.15, 0.2) is 11.5 Å². The summed E-state index contributed by atoms with van der Waals surface area (Å²) in [4.78, 5) is 11.7. The minimum absolute atomic E-state index is 0.187. The van der Waals surface area contributed by atoms with Crippen LogP contribution in [0.5, 0.6) is 0 Å². The molecule has 0 saturated heterocycles. The minimum atomic E-state index is -0.899. The van der Waals surface area contributed by atoms with Crippen molar-refractivity contribution >= 4 is 5.91 Å². The van der Waals surface area contributed by atoms with Gasteiger partial charge in [-0.3, -0.25) is 4.79 Å². The Labute approximate surface area is 106 Å². The highest BCUT2D eigenvalue weighted by molar-refractivity contribution is 5.92. The number of carbonyl (C=O) groups is 1. The molecule has 6 heteroatoms. The molecule has 1 aromatic heterocycles.